The Kier molecular flexibility index (Phi) is 4.20. The van der Waals surface area contributed by atoms with Crippen LogP contribution in [0.3, 0.4) is 0 Å². The van der Waals surface area contributed by atoms with Crippen LogP contribution in [-0.4, -0.2) is 13.0 Å². The summed E-state index contributed by atoms with van der Waals surface area (Å²) in [5, 5.41) is 0.956. The number of nitrogens with zero attached hydrogens (tertiary/aromatic N) is 1. The molecule has 0 fully saturated rings. The molecule has 0 atom stereocenters. The molecule has 0 aliphatic carbocycles. The van der Waals surface area contributed by atoms with Gasteiger partial charge in [-0.25, -0.2) is 12.8 Å². The third kappa shape index (κ3) is 3.44. The molecular formula is C21H17FN2O2S. The first-order chi connectivity index (χ1) is 12.9. The Hall–Kier alpha value is -3.12. The van der Waals surface area contributed by atoms with Crippen molar-refractivity contribution < 1.29 is 12.8 Å². The van der Waals surface area contributed by atoms with E-state index in [2.05, 4.69) is 4.72 Å². The molecule has 0 radical (unpaired) electrons. The Morgan fingerprint density at radius 2 is 1.67 bits per heavy atom. The minimum atomic E-state index is -3.74. The topological polar surface area (TPSA) is 51.1 Å². The summed E-state index contributed by atoms with van der Waals surface area (Å²) >= 11 is 0. The Labute approximate surface area is 156 Å². The predicted octanol–water partition coefficient (Wildman–Crippen LogP) is 4.79. The summed E-state index contributed by atoms with van der Waals surface area (Å²) in [4.78, 5) is 0.150. The van der Waals surface area contributed by atoms with E-state index < -0.39 is 10.0 Å². The second-order valence-corrected chi connectivity index (χ2v) is 8.02. The number of anilines is 1. The van der Waals surface area contributed by atoms with Gasteiger partial charge in [-0.1, -0.05) is 24.3 Å². The monoisotopic (exact) mass is 380 g/mol. The Morgan fingerprint density at radius 1 is 0.889 bits per heavy atom. The number of benzene rings is 3. The molecule has 0 aliphatic rings. The molecule has 1 heterocycles. The summed E-state index contributed by atoms with van der Waals surface area (Å²) < 4.78 is 43.3. The van der Waals surface area contributed by atoms with Crippen LogP contribution < -0.4 is 4.72 Å². The van der Waals surface area contributed by atoms with Gasteiger partial charge in [-0.05, 0) is 59.7 Å². The van der Waals surface area contributed by atoms with Gasteiger partial charge in [0.2, 0.25) is 0 Å². The van der Waals surface area contributed by atoms with Crippen LogP contribution in [0.25, 0.3) is 22.0 Å². The fourth-order valence-electron chi connectivity index (χ4n) is 3.04. The summed E-state index contributed by atoms with van der Waals surface area (Å²) in [5.74, 6) is -0.333. The highest BCUT2D eigenvalue weighted by molar-refractivity contribution is 7.92. The third-order valence-electron chi connectivity index (χ3n) is 4.46. The van der Waals surface area contributed by atoms with Crippen molar-refractivity contribution >= 4 is 26.6 Å². The van der Waals surface area contributed by atoms with Crippen molar-refractivity contribution in [3.63, 3.8) is 0 Å². The van der Waals surface area contributed by atoms with E-state index in [1.807, 2.05) is 29.9 Å². The molecule has 6 heteroatoms. The van der Waals surface area contributed by atoms with E-state index >= 15 is 0 Å². The van der Waals surface area contributed by atoms with Gasteiger partial charge in [0, 0.05) is 29.8 Å². The molecule has 0 saturated heterocycles. The zero-order valence-corrected chi connectivity index (χ0v) is 15.4. The van der Waals surface area contributed by atoms with Gasteiger partial charge in [0.25, 0.3) is 10.0 Å². The fraction of sp³-hybridized carbons (Fsp3) is 0.0476. The number of rotatable bonds is 4. The first-order valence-electron chi connectivity index (χ1n) is 8.36. The second-order valence-electron chi connectivity index (χ2n) is 6.34. The maximum atomic E-state index is 13.1. The van der Waals surface area contributed by atoms with Gasteiger partial charge in [-0.2, -0.15) is 0 Å². The average Bonchev–Trinajstić information content (AvgIpc) is 3.02. The lowest BCUT2D eigenvalue weighted by Gasteiger charge is -2.10. The molecule has 3 aromatic carbocycles. The fourth-order valence-corrected chi connectivity index (χ4v) is 4.14. The normalized spacial score (nSPS) is 11.6. The van der Waals surface area contributed by atoms with Gasteiger partial charge in [-0.3, -0.25) is 4.72 Å². The van der Waals surface area contributed by atoms with Crippen LogP contribution in [0, 0.1) is 5.82 Å². The van der Waals surface area contributed by atoms with E-state index in [-0.39, 0.29) is 10.7 Å². The summed E-state index contributed by atoms with van der Waals surface area (Å²) in [6, 6.07) is 19.9. The van der Waals surface area contributed by atoms with Gasteiger partial charge in [-0.15, -0.1) is 0 Å². The molecule has 1 aromatic heterocycles. The number of aromatic nitrogens is 1. The van der Waals surface area contributed by atoms with E-state index in [9.17, 15) is 12.8 Å². The Morgan fingerprint density at radius 3 is 2.44 bits per heavy atom. The van der Waals surface area contributed by atoms with Crippen LogP contribution in [0.4, 0.5) is 10.1 Å². The summed E-state index contributed by atoms with van der Waals surface area (Å²) in [5.41, 5.74) is 2.98. The second kappa shape index (κ2) is 6.55. The molecule has 0 aliphatic heterocycles. The number of nitrogens with one attached hydrogen (secondary N) is 1. The average molecular weight is 380 g/mol. The van der Waals surface area contributed by atoms with Crippen LogP contribution in [0.5, 0.6) is 0 Å². The van der Waals surface area contributed by atoms with Crippen molar-refractivity contribution in [2.45, 2.75) is 4.90 Å². The highest BCUT2D eigenvalue weighted by Gasteiger charge is 2.15. The van der Waals surface area contributed by atoms with Gasteiger partial charge < -0.3 is 4.57 Å². The molecule has 4 aromatic rings. The van der Waals surface area contributed by atoms with Gasteiger partial charge in [0.1, 0.15) is 5.82 Å². The first-order valence-corrected chi connectivity index (χ1v) is 9.85. The minimum Gasteiger partial charge on any atom is -0.351 e. The molecule has 4 nitrogen and oxygen atoms in total. The molecule has 0 amide bonds. The van der Waals surface area contributed by atoms with Crippen LogP contribution in [-0.2, 0) is 17.1 Å². The van der Waals surface area contributed by atoms with Crippen LogP contribution in [0.1, 0.15) is 0 Å². The molecular weight excluding hydrogens is 363 g/mol. The number of fused-ring (bicyclic) bond motifs is 1. The lowest BCUT2D eigenvalue weighted by molar-refractivity contribution is 0.601. The van der Waals surface area contributed by atoms with Crippen LogP contribution >= 0.6 is 0 Å². The van der Waals surface area contributed by atoms with Gasteiger partial charge >= 0.3 is 0 Å². The maximum Gasteiger partial charge on any atom is 0.261 e. The van der Waals surface area contributed by atoms with Gasteiger partial charge in [0.15, 0.2) is 0 Å². The molecule has 0 unspecified atom stereocenters. The number of sulfonamides is 1. The van der Waals surface area contributed by atoms with Crippen molar-refractivity contribution in [3.05, 3.63) is 84.8 Å². The highest BCUT2D eigenvalue weighted by Crippen LogP contribution is 2.25. The Balaban J connectivity index is 1.66. The van der Waals surface area contributed by atoms with E-state index in [0.717, 1.165) is 16.5 Å². The van der Waals surface area contributed by atoms with Crippen LogP contribution in [0.2, 0.25) is 0 Å². The predicted molar refractivity (Wildman–Crippen MR) is 106 cm³/mol. The molecule has 0 bridgehead atoms. The largest absolute Gasteiger partial charge is 0.351 e. The Bertz CT molecular complexity index is 1230. The molecule has 4 rings (SSSR count). The van der Waals surface area contributed by atoms with Crippen molar-refractivity contribution in [1.82, 2.24) is 4.57 Å². The zero-order valence-electron chi connectivity index (χ0n) is 14.6. The standard InChI is InChI=1S/C21H17FN2O2S/c1-24-12-11-17-13-19(9-10-21(17)24)23-27(25,26)20-4-2-3-16(14-20)15-5-7-18(22)8-6-15/h2-14,23H,1H3. The smallest absolute Gasteiger partial charge is 0.261 e. The number of hydrogen-bond donors (Lipinski definition) is 1. The number of halogens is 1. The summed E-state index contributed by atoms with van der Waals surface area (Å²) in [6.45, 7) is 0. The quantitative estimate of drug-likeness (QED) is 0.554. The van der Waals surface area contributed by atoms with E-state index in [1.54, 1.807) is 42.5 Å². The van der Waals surface area contributed by atoms with Crippen molar-refractivity contribution in [2.24, 2.45) is 7.05 Å². The minimum absolute atomic E-state index is 0.150. The first kappa shape index (κ1) is 17.3. The van der Waals surface area contributed by atoms with E-state index in [4.69, 9.17) is 0 Å². The summed E-state index contributed by atoms with van der Waals surface area (Å²) in [6.07, 6.45) is 1.93. The molecule has 0 spiro atoms. The van der Waals surface area contributed by atoms with Gasteiger partial charge in [0.05, 0.1) is 4.90 Å². The molecule has 1 N–H and O–H groups in total. The molecule has 27 heavy (non-hydrogen) atoms. The SMILES string of the molecule is Cn1ccc2cc(NS(=O)(=O)c3cccc(-c4ccc(F)cc4)c3)ccc21. The highest BCUT2D eigenvalue weighted by atomic mass is 32.2. The van der Waals surface area contributed by atoms with Crippen molar-refractivity contribution in [1.29, 1.82) is 0 Å². The zero-order chi connectivity index (χ0) is 19.0. The van der Waals surface area contributed by atoms with Crippen molar-refractivity contribution in [2.75, 3.05) is 4.72 Å². The molecule has 136 valence electrons. The lowest BCUT2D eigenvalue weighted by atomic mass is 10.1. The molecule has 0 saturated carbocycles. The third-order valence-corrected chi connectivity index (χ3v) is 5.84. The number of hydrogen-bond acceptors (Lipinski definition) is 2. The maximum absolute atomic E-state index is 13.1. The lowest BCUT2D eigenvalue weighted by Crippen LogP contribution is -2.12. The van der Waals surface area contributed by atoms with E-state index in [0.29, 0.717) is 11.3 Å². The van der Waals surface area contributed by atoms with Crippen LogP contribution in [0.15, 0.2) is 83.9 Å². The summed E-state index contributed by atoms with van der Waals surface area (Å²) in [7, 11) is -1.81. The van der Waals surface area contributed by atoms with E-state index in [1.165, 1.54) is 18.2 Å². The van der Waals surface area contributed by atoms with Crippen molar-refractivity contribution in [3.8, 4) is 11.1 Å². The number of aryl methyl sites for hydroxylation is 1.